The minimum Gasteiger partial charge on any atom is -0.380 e. The van der Waals surface area contributed by atoms with E-state index in [1.54, 1.807) is 0 Å². The molecule has 0 N–H and O–H groups in total. The predicted molar refractivity (Wildman–Crippen MR) is 124 cm³/mol. The molecule has 2 aromatic heterocycles. The average molecular weight is 483 g/mol. The Hall–Kier alpha value is -2.82. The Labute approximate surface area is 201 Å². The number of aromatic nitrogens is 5. The zero-order valence-electron chi connectivity index (χ0n) is 18.6. The second-order valence-corrected chi connectivity index (χ2v) is 10.3. The van der Waals surface area contributed by atoms with Crippen LogP contribution in [0.1, 0.15) is 17.8 Å². The first-order valence-corrected chi connectivity index (χ1v) is 12.0. The first-order chi connectivity index (χ1) is 16.6. The van der Waals surface area contributed by atoms with Crippen LogP contribution >= 0.6 is 11.6 Å². The number of halogens is 2. The Morgan fingerprint density at radius 1 is 1.03 bits per heavy atom. The lowest BCUT2D eigenvalue weighted by molar-refractivity contribution is 0.133. The van der Waals surface area contributed by atoms with Gasteiger partial charge >= 0.3 is 0 Å². The molecule has 176 valence electrons. The lowest BCUT2D eigenvalue weighted by Gasteiger charge is -2.60. The van der Waals surface area contributed by atoms with E-state index >= 15 is 0 Å². The van der Waals surface area contributed by atoms with Gasteiger partial charge in [0.1, 0.15) is 0 Å². The number of ether oxygens (including phenoxy) is 1. The largest absolute Gasteiger partial charge is 0.380 e. The summed E-state index contributed by atoms with van der Waals surface area (Å²) in [6.45, 7) is 6.59. The quantitative estimate of drug-likeness (QED) is 0.563. The fourth-order valence-electron chi connectivity index (χ4n) is 5.76. The van der Waals surface area contributed by atoms with Crippen LogP contribution < -0.4 is 9.80 Å². The molecule has 7 rings (SSSR count). The summed E-state index contributed by atoms with van der Waals surface area (Å²) in [6.07, 6.45) is 3.47. The molecular formula is C23H24ClFN8O. The highest BCUT2D eigenvalue weighted by atomic mass is 35.5. The minimum atomic E-state index is -0.415. The van der Waals surface area contributed by atoms with Crippen LogP contribution in [-0.2, 0) is 17.8 Å². The van der Waals surface area contributed by atoms with Gasteiger partial charge in [-0.3, -0.25) is 9.47 Å². The zero-order valence-corrected chi connectivity index (χ0v) is 19.3. The molecule has 3 aromatic rings. The van der Waals surface area contributed by atoms with Crippen LogP contribution in [0.3, 0.4) is 0 Å². The van der Waals surface area contributed by atoms with Crippen LogP contribution in [0.15, 0.2) is 30.6 Å². The first kappa shape index (κ1) is 20.5. The van der Waals surface area contributed by atoms with Gasteiger partial charge in [-0.1, -0.05) is 11.6 Å². The van der Waals surface area contributed by atoms with Crippen molar-refractivity contribution in [1.82, 2.24) is 29.6 Å². The van der Waals surface area contributed by atoms with E-state index in [-0.39, 0.29) is 5.41 Å². The number of fused-ring (bicyclic) bond motifs is 3. The fourth-order valence-corrected chi connectivity index (χ4v) is 5.96. The zero-order chi connectivity index (χ0) is 22.9. The van der Waals surface area contributed by atoms with Crippen LogP contribution in [-0.4, -0.2) is 75.1 Å². The number of hydrogen-bond acceptors (Lipinski definition) is 8. The van der Waals surface area contributed by atoms with Gasteiger partial charge < -0.3 is 14.5 Å². The van der Waals surface area contributed by atoms with E-state index in [0.29, 0.717) is 12.0 Å². The maximum atomic E-state index is 13.1. The lowest BCUT2D eigenvalue weighted by atomic mass is 9.73. The maximum Gasteiger partial charge on any atom is 0.231 e. The van der Waals surface area contributed by atoms with Gasteiger partial charge in [-0.25, -0.2) is 14.4 Å². The molecule has 0 aliphatic carbocycles. The Morgan fingerprint density at radius 3 is 2.59 bits per heavy atom. The molecule has 34 heavy (non-hydrogen) atoms. The van der Waals surface area contributed by atoms with Crippen molar-refractivity contribution >= 4 is 23.5 Å². The highest BCUT2D eigenvalue weighted by Gasteiger charge is 2.54. The van der Waals surface area contributed by atoms with Crippen molar-refractivity contribution in [2.45, 2.75) is 25.6 Å². The molecule has 1 aromatic carbocycles. The number of anilines is 2. The molecule has 0 bridgehead atoms. The Balaban J connectivity index is 1.14. The van der Waals surface area contributed by atoms with Crippen molar-refractivity contribution in [3.8, 4) is 5.69 Å². The molecule has 1 spiro atoms. The summed E-state index contributed by atoms with van der Waals surface area (Å²) in [7, 11) is 0. The molecule has 0 amide bonds. The van der Waals surface area contributed by atoms with Crippen molar-refractivity contribution in [3.05, 3.63) is 52.8 Å². The standard InChI is InChI=1S/C23H24ClFN8O/c24-16-1-2-19-15(5-16)8-30(18-3-4-34-10-18)9-20-28-29-22(33(19)20)32-13-23(14-32)11-31(12-23)21-26-6-17(25)7-27-21/h1-2,5-7,18H,3-4,8-14H2/t18-/m1/s1. The molecule has 3 fully saturated rings. The van der Waals surface area contributed by atoms with E-state index in [1.165, 1.54) is 18.0 Å². The number of nitrogens with zero attached hydrogens (tertiary/aromatic N) is 8. The SMILES string of the molecule is Fc1cnc(N2CC3(C2)CN(c2nnc4n2-c2ccc(Cl)cc2CN([C@@H]2CCOC2)C4)C3)nc1. The first-order valence-electron chi connectivity index (χ1n) is 11.6. The maximum absolute atomic E-state index is 13.1. The van der Waals surface area contributed by atoms with Crippen molar-refractivity contribution in [2.24, 2.45) is 5.41 Å². The molecule has 3 saturated heterocycles. The van der Waals surface area contributed by atoms with E-state index in [0.717, 1.165) is 81.4 Å². The summed E-state index contributed by atoms with van der Waals surface area (Å²) >= 11 is 6.39. The molecule has 4 aliphatic heterocycles. The highest BCUT2D eigenvalue weighted by molar-refractivity contribution is 6.30. The summed E-state index contributed by atoms with van der Waals surface area (Å²) < 4.78 is 21.0. The molecule has 9 nitrogen and oxygen atoms in total. The second-order valence-electron chi connectivity index (χ2n) is 9.86. The highest BCUT2D eigenvalue weighted by Crippen LogP contribution is 2.43. The van der Waals surface area contributed by atoms with Crippen LogP contribution in [0.25, 0.3) is 5.69 Å². The van der Waals surface area contributed by atoms with E-state index in [2.05, 4.69) is 51.6 Å². The normalized spacial score (nSPS) is 23.3. The lowest BCUT2D eigenvalue weighted by Crippen LogP contribution is -2.73. The number of rotatable bonds is 3. The van der Waals surface area contributed by atoms with Gasteiger partial charge in [0.2, 0.25) is 11.9 Å². The summed E-state index contributed by atoms with van der Waals surface area (Å²) in [5.74, 6) is 1.99. The number of hydrogen-bond donors (Lipinski definition) is 0. The third-order valence-electron chi connectivity index (χ3n) is 7.41. The van der Waals surface area contributed by atoms with E-state index in [9.17, 15) is 4.39 Å². The average Bonchev–Trinajstić information content (AvgIpc) is 3.41. The summed E-state index contributed by atoms with van der Waals surface area (Å²) in [4.78, 5) is 15.0. The van der Waals surface area contributed by atoms with Gasteiger partial charge in [-0.05, 0) is 30.2 Å². The van der Waals surface area contributed by atoms with Crippen LogP contribution in [0.4, 0.5) is 16.3 Å². The third-order valence-corrected chi connectivity index (χ3v) is 7.65. The molecule has 6 heterocycles. The topological polar surface area (TPSA) is 75.4 Å². The predicted octanol–water partition coefficient (Wildman–Crippen LogP) is 2.28. The summed E-state index contributed by atoms with van der Waals surface area (Å²) in [6, 6.07) is 6.45. The Bertz CT molecular complexity index is 1230. The molecule has 0 unspecified atom stereocenters. The van der Waals surface area contributed by atoms with Gasteiger partial charge in [0, 0.05) is 55.8 Å². The third kappa shape index (κ3) is 3.27. The van der Waals surface area contributed by atoms with Crippen LogP contribution in [0.2, 0.25) is 5.02 Å². The summed E-state index contributed by atoms with van der Waals surface area (Å²) in [5, 5.41) is 9.97. The van der Waals surface area contributed by atoms with Crippen LogP contribution in [0, 0.1) is 11.2 Å². The van der Waals surface area contributed by atoms with Gasteiger partial charge in [0.15, 0.2) is 11.6 Å². The van der Waals surface area contributed by atoms with Gasteiger partial charge in [0.25, 0.3) is 0 Å². The monoisotopic (exact) mass is 482 g/mol. The molecule has 1 atom stereocenters. The van der Waals surface area contributed by atoms with E-state index in [4.69, 9.17) is 16.3 Å². The smallest absolute Gasteiger partial charge is 0.231 e. The van der Waals surface area contributed by atoms with Gasteiger partial charge in [-0.15, -0.1) is 10.2 Å². The fraction of sp³-hybridized carbons (Fsp3) is 0.478. The molecule has 0 saturated carbocycles. The summed E-state index contributed by atoms with van der Waals surface area (Å²) in [5.41, 5.74) is 2.46. The minimum absolute atomic E-state index is 0.185. The Kier molecular flexibility index (Phi) is 4.59. The van der Waals surface area contributed by atoms with E-state index < -0.39 is 5.82 Å². The Morgan fingerprint density at radius 2 is 1.82 bits per heavy atom. The molecule has 0 radical (unpaired) electrons. The van der Waals surface area contributed by atoms with Crippen molar-refractivity contribution in [2.75, 3.05) is 49.2 Å². The van der Waals surface area contributed by atoms with Crippen molar-refractivity contribution in [3.63, 3.8) is 0 Å². The van der Waals surface area contributed by atoms with E-state index in [1.807, 2.05) is 6.07 Å². The second kappa shape index (κ2) is 7.59. The van der Waals surface area contributed by atoms with Gasteiger partial charge in [-0.2, -0.15) is 0 Å². The molecule has 4 aliphatic rings. The number of benzene rings is 1. The van der Waals surface area contributed by atoms with Crippen molar-refractivity contribution < 1.29 is 9.13 Å². The van der Waals surface area contributed by atoms with Crippen molar-refractivity contribution in [1.29, 1.82) is 0 Å². The molecule has 11 heteroatoms. The van der Waals surface area contributed by atoms with Gasteiger partial charge in [0.05, 0.1) is 31.2 Å². The molecular weight excluding hydrogens is 459 g/mol. The van der Waals surface area contributed by atoms with Crippen LogP contribution in [0.5, 0.6) is 0 Å².